The van der Waals surface area contributed by atoms with E-state index in [-0.39, 0.29) is 5.95 Å². The lowest BCUT2D eigenvalue weighted by Crippen LogP contribution is -2.30. The molecule has 1 saturated heterocycles. The Balaban J connectivity index is 1.87. The Morgan fingerprint density at radius 2 is 2.14 bits per heavy atom. The van der Waals surface area contributed by atoms with Crippen LogP contribution < -0.4 is 5.73 Å². The molecule has 1 aliphatic heterocycles. The standard InChI is InChI=1S/C22H26N6O/c1-22(2,29)8-6-16-11-19-17(12-25-16)18(15-5-4-10-27(3)13-15)14-28(19)20-7-9-24-21(23)26-20/h7,9,11-12,14-15,29H,4-5,10,13H2,1-3H3,(H2,23,24,26)/t15-/m1/s1. The zero-order chi connectivity index (χ0) is 20.6. The normalized spacial score (nSPS) is 17.9. The van der Waals surface area contributed by atoms with Crippen molar-refractivity contribution >= 4 is 16.9 Å². The summed E-state index contributed by atoms with van der Waals surface area (Å²) in [6.07, 6.45) is 8.01. The molecule has 0 unspecified atom stereocenters. The number of nitrogens with two attached hydrogens (primary N) is 1. The third-order valence-electron chi connectivity index (χ3n) is 5.19. The summed E-state index contributed by atoms with van der Waals surface area (Å²) in [5.74, 6) is 7.19. The first-order valence-corrected chi connectivity index (χ1v) is 9.84. The van der Waals surface area contributed by atoms with Crippen molar-refractivity contribution in [3.8, 4) is 17.7 Å². The molecule has 4 heterocycles. The number of rotatable bonds is 2. The molecule has 3 aromatic rings. The van der Waals surface area contributed by atoms with Crippen LogP contribution in [0.5, 0.6) is 0 Å². The summed E-state index contributed by atoms with van der Waals surface area (Å²) in [5.41, 5.74) is 7.60. The minimum Gasteiger partial charge on any atom is -0.378 e. The number of anilines is 1. The van der Waals surface area contributed by atoms with Crippen molar-refractivity contribution in [1.82, 2.24) is 24.4 Å². The Morgan fingerprint density at radius 3 is 2.86 bits per heavy atom. The van der Waals surface area contributed by atoms with Crippen LogP contribution in [0.4, 0.5) is 5.95 Å². The summed E-state index contributed by atoms with van der Waals surface area (Å²) in [5, 5.41) is 11.0. The highest BCUT2D eigenvalue weighted by Gasteiger charge is 2.24. The minimum absolute atomic E-state index is 0.236. The van der Waals surface area contributed by atoms with Crippen molar-refractivity contribution in [3.05, 3.63) is 42.0 Å². The molecule has 0 bridgehead atoms. The fourth-order valence-corrected chi connectivity index (χ4v) is 3.86. The second kappa shape index (κ2) is 7.47. The smallest absolute Gasteiger partial charge is 0.221 e. The predicted molar refractivity (Wildman–Crippen MR) is 114 cm³/mol. The van der Waals surface area contributed by atoms with E-state index in [1.165, 1.54) is 12.0 Å². The monoisotopic (exact) mass is 390 g/mol. The minimum atomic E-state index is -1.07. The fraction of sp³-hybridized carbons (Fsp3) is 0.409. The molecule has 3 N–H and O–H groups in total. The van der Waals surface area contributed by atoms with Crippen LogP contribution in [0.1, 0.15) is 43.9 Å². The molecule has 7 heteroatoms. The van der Waals surface area contributed by atoms with E-state index in [2.05, 4.69) is 44.9 Å². The molecular weight excluding hydrogens is 364 g/mol. The Bertz CT molecular complexity index is 1100. The predicted octanol–water partition coefficient (Wildman–Crippen LogP) is 2.33. The third-order valence-corrected chi connectivity index (χ3v) is 5.19. The Kier molecular flexibility index (Phi) is 4.99. The zero-order valence-corrected chi connectivity index (χ0v) is 17.1. The van der Waals surface area contributed by atoms with Gasteiger partial charge in [-0.05, 0) is 69.8 Å². The van der Waals surface area contributed by atoms with Gasteiger partial charge in [-0.2, -0.15) is 4.98 Å². The van der Waals surface area contributed by atoms with Crippen LogP contribution in [-0.4, -0.2) is 55.3 Å². The molecule has 0 aliphatic carbocycles. The lowest BCUT2D eigenvalue weighted by atomic mass is 9.91. The lowest BCUT2D eigenvalue weighted by molar-refractivity contribution is 0.143. The van der Waals surface area contributed by atoms with Crippen molar-refractivity contribution in [2.24, 2.45) is 0 Å². The molecule has 1 fully saturated rings. The molecule has 1 atom stereocenters. The quantitative estimate of drug-likeness (QED) is 0.653. The number of likely N-dealkylation sites (N-methyl/N-ethyl adjacent to an activating group) is 1. The first-order chi connectivity index (χ1) is 13.8. The summed E-state index contributed by atoms with van der Waals surface area (Å²) >= 11 is 0. The average Bonchev–Trinajstić information content (AvgIpc) is 3.05. The van der Waals surface area contributed by atoms with Crippen LogP contribution in [0.25, 0.3) is 16.7 Å². The van der Waals surface area contributed by atoms with Gasteiger partial charge in [0.15, 0.2) is 0 Å². The lowest BCUT2D eigenvalue weighted by Gasteiger charge is -2.29. The van der Waals surface area contributed by atoms with Crippen molar-refractivity contribution < 1.29 is 5.11 Å². The van der Waals surface area contributed by atoms with Crippen LogP contribution in [0.15, 0.2) is 30.7 Å². The Labute approximate surface area is 170 Å². The molecule has 29 heavy (non-hydrogen) atoms. The van der Waals surface area contributed by atoms with Crippen LogP contribution in [0.3, 0.4) is 0 Å². The van der Waals surface area contributed by atoms with E-state index in [9.17, 15) is 5.11 Å². The molecule has 0 radical (unpaired) electrons. The van der Waals surface area contributed by atoms with E-state index < -0.39 is 5.60 Å². The Hall–Kier alpha value is -2.95. The largest absolute Gasteiger partial charge is 0.378 e. The zero-order valence-electron chi connectivity index (χ0n) is 17.1. The van der Waals surface area contributed by atoms with Crippen molar-refractivity contribution in [3.63, 3.8) is 0 Å². The number of pyridine rings is 1. The molecule has 0 aromatic carbocycles. The molecule has 150 valence electrons. The number of hydrogen-bond donors (Lipinski definition) is 2. The number of aromatic nitrogens is 4. The second-order valence-electron chi connectivity index (χ2n) is 8.22. The molecule has 0 amide bonds. The first-order valence-electron chi connectivity index (χ1n) is 9.84. The third kappa shape index (κ3) is 4.24. The van der Waals surface area contributed by atoms with E-state index in [4.69, 9.17) is 5.73 Å². The fourth-order valence-electron chi connectivity index (χ4n) is 3.86. The molecule has 4 rings (SSSR count). The highest BCUT2D eigenvalue weighted by atomic mass is 16.3. The van der Waals surface area contributed by atoms with Gasteiger partial charge in [-0.25, -0.2) is 9.97 Å². The van der Waals surface area contributed by atoms with Gasteiger partial charge in [0, 0.05) is 30.5 Å². The first kappa shape index (κ1) is 19.4. The van der Waals surface area contributed by atoms with E-state index in [1.807, 2.05) is 22.9 Å². The number of likely N-dealkylation sites (tertiary alicyclic amines) is 1. The second-order valence-corrected chi connectivity index (χ2v) is 8.22. The summed E-state index contributed by atoms with van der Waals surface area (Å²) in [6.45, 7) is 5.46. The topological polar surface area (TPSA) is 93.1 Å². The van der Waals surface area contributed by atoms with E-state index in [0.29, 0.717) is 17.4 Å². The Morgan fingerprint density at radius 1 is 1.31 bits per heavy atom. The van der Waals surface area contributed by atoms with Crippen molar-refractivity contribution in [1.29, 1.82) is 0 Å². The van der Waals surface area contributed by atoms with E-state index in [0.717, 1.165) is 30.4 Å². The van der Waals surface area contributed by atoms with Gasteiger partial charge in [-0.1, -0.05) is 5.92 Å². The number of fused-ring (bicyclic) bond motifs is 1. The van der Waals surface area contributed by atoms with E-state index >= 15 is 0 Å². The number of nitrogen functional groups attached to an aromatic ring is 1. The number of hydrogen-bond acceptors (Lipinski definition) is 6. The van der Waals surface area contributed by atoms with Crippen LogP contribution >= 0.6 is 0 Å². The molecule has 0 spiro atoms. The van der Waals surface area contributed by atoms with Crippen molar-refractivity contribution in [2.75, 3.05) is 25.9 Å². The molecule has 1 aliphatic rings. The molecule has 3 aromatic heterocycles. The highest BCUT2D eigenvalue weighted by Crippen LogP contribution is 2.34. The number of piperidine rings is 1. The highest BCUT2D eigenvalue weighted by molar-refractivity contribution is 5.86. The summed E-state index contributed by atoms with van der Waals surface area (Å²) in [7, 11) is 2.17. The maximum Gasteiger partial charge on any atom is 0.221 e. The summed E-state index contributed by atoms with van der Waals surface area (Å²) < 4.78 is 2.04. The molecular formula is C22H26N6O. The number of aliphatic hydroxyl groups is 1. The summed E-state index contributed by atoms with van der Waals surface area (Å²) in [4.78, 5) is 15.3. The van der Waals surface area contributed by atoms with Gasteiger partial charge in [0.25, 0.3) is 0 Å². The van der Waals surface area contributed by atoms with Gasteiger partial charge in [0.2, 0.25) is 5.95 Å². The maximum atomic E-state index is 9.91. The van der Waals surface area contributed by atoms with Gasteiger partial charge in [-0.3, -0.25) is 0 Å². The van der Waals surface area contributed by atoms with Gasteiger partial charge in [0.1, 0.15) is 17.1 Å². The average molecular weight is 390 g/mol. The number of nitrogens with zero attached hydrogens (tertiary/aromatic N) is 5. The van der Waals surface area contributed by atoms with Crippen LogP contribution in [-0.2, 0) is 0 Å². The van der Waals surface area contributed by atoms with Gasteiger partial charge >= 0.3 is 0 Å². The van der Waals surface area contributed by atoms with Crippen LogP contribution in [0.2, 0.25) is 0 Å². The van der Waals surface area contributed by atoms with Gasteiger partial charge < -0.3 is 20.3 Å². The van der Waals surface area contributed by atoms with Crippen molar-refractivity contribution in [2.45, 2.75) is 38.2 Å². The summed E-state index contributed by atoms with van der Waals surface area (Å²) in [6, 6.07) is 3.79. The SMILES string of the molecule is CN1CCC[C@@H](c2cn(-c3ccnc(N)n3)c3cc(C#CC(C)(C)O)ncc23)C1. The molecule has 0 saturated carbocycles. The van der Waals surface area contributed by atoms with Gasteiger partial charge in [-0.15, -0.1) is 0 Å². The van der Waals surface area contributed by atoms with E-state index in [1.54, 1.807) is 20.0 Å². The van der Waals surface area contributed by atoms with Gasteiger partial charge in [0.05, 0.1) is 5.52 Å². The maximum absolute atomic E-state index is 9.91. The molecule has 7 nitrogen and oxygen atoms in total. The van der Waals surface area contributed by atoms with Crippen LogP contribution in [0, 0.1) is 11.8 Å².